The molecule has 4 N–H and O–H groups in total. The number of rotatable bonds is 6. The van der Waals surface area contributed by atoms with Gasteiger partial charge in [-0.2, -0.15) is 4.98 Å². The van der Waals surface area contributed by atoms with Crippen LogP contribution in [0.25, 0.3) is 0 Å². The van der Waals surface area contributed by atoms with E-state index in [0.717, 1.165) is 0 Å². The number of hydrogen-bond donors (Lipinski definition) is 3. The second-order valence-corrected chi connectivity index (χ2v) is 7.22. The fourth-order valence-electron chi connectivity index (χ4n) is 3.22. The number of ether oxygens (including phenoxy) is 1. The quantitative estimate of drug-likeness (QED) is 0.489. The van der Waals surface area contributed by atoms with Gasteiger partial charge in [-0.1, -0.05) is 23.7 Å². The van der Waals surface area contributed by atoms with Crippen LogP contribution >= 0.6 is 24.0 Å². The van der Waals surface area contributed by atoms with Crippen molar-refractivity contribution in [1.82, 2.24) is 9.97 Å². The number of nitrogens with one attached hydrogen (secondary N) is 2. The molecule has 0 spiro atoms. The number of aromatic nitrogens is 2. The average molecular weight is 479 g/mol. The van der Waals surface area contributed by atoms with Crippen LogP contribution in [0, 0.1) is 5.82 Å². The molecule has 2 heterocycles. The lowest BCUT2D eigenvalue weighted by Crippen LogP contribution is -2.36. The Bertz CT molecular complexity index is 1110. The minimum absolute atomic E-state index is 0. The number of carbonyl (C=O) groups excluding carboxylic acids is 1. The highest BCUT2D eigenvalue weighted by Crippen LogP contribution is 2.28. The SMILES string of the molecule is Cl.NC(=O)c1ccccc1Nc1nc(Nc2ccc(N3CCOCC3)c(F)c2)ncc1Cl. The van der Waals surface area contributed by atoms with Crippen LogP contribution in [-0.4, -0.2) is 42.2 Å². The van der Waals surface area contributed by atoms with Crippen molar-refractivity contribution in [2.75, 3.05) is 41.8 Å². The summed E-state index contributed by atoms with van der Waals surface area (Å²) in [5.74, 6) is -0.447. The number of hydrogen-bond acceptors (Lipinski definition) is 7. The molecular weight excluding hydrogens is 458 g/mol. The summed E-state index contributed by atoms with van der Waals surface area (Å²) in [6.07, 6.45) is 1.41. The third-order valence-electron chi connectivity index (χ3n) is 4.75. The van der Waals surface area contributed by atoms with Crippen molar-refractivity contribution in [3.63, 3.8) is 0 Å². The highest BCUT2D eigenvalue weighted by Gasteiger charge is 2.16. The van der Waals surface area contributed by atoms with Crippen molar-refractivity contribution >= 4 is 58.7 Å². The second kappa shape index (κ2) is 10.4. The van der Waals surface area contributed by atoms with Crippen molar-refractivity contribution in [1.29, 1.82) is 0 Å². The Hall–Kier alpha value is -3.14. The van der Waals surface area contributed by atoms with E-state index >= 15 is 0 Å². The van der Waals surface area contributed by atoms with E-state index in [1.807, 2.05) is 4.90 Å². The lowest BCUT2D eigenvalue weighted by Gasteiger charge is -2.29. The van der Waals surface area contributed by atoms with Gasteiger partial charge in [0.05, 0.1) is 36.3 Å². The van der Waals surface area contributed by atoms with E-state index in [1.54, 1.807) is 36.4 Å². The molecule has 0 radical (unpaired) electrons. The summed E-state index contributed by atoms with van der Waals surface area (Å²) in [6, 6.07) is 11.6. The molecule has 4 rings (SSSR count). The highest BCUT2D eigenvalue weighted by molar-refractivity contribution is 6.33. The first-order chi connectivity index (χ1) is 15.0. The number of para-hydroxylation sites is 1. The van der Waals surface area contributed by atoms with Gasteiger partial charge in [-0.25, -0.2) is 9.37 Å². The van der Waals surface area contributed by atoms with Crippen LogP contribution in [0.1, 0.15) is 10.4 Å². The molecule has 168 valence electrons. The molecular formula is C21H21Cl2FN6O2. The summed E-state index contributed by atoms with van der Waals surface area (Å²) in [6.45, 7) is 2.44. The largest absolute Gasteiger partial charge is 0.378 e. The number of benzene rings is 2. The van der Waals surface area contributed by atoms with Gasteiger partial charge in [0, 0.05) is 18.8 Å². The second-order valence-electron chi connectivity index (χ2n) is 6.82. The Kier molecular flexibility index (Phi) is 7.68. The summed E-state index contributed by atoms with van der Waals surface area (Å²) in [7, 11) is 0. The predicted molar refractivity (Wildman–Crippen MR) is 125 cm³/mol. The molecule has 1 fully saturated rings. The fraction of sp³-hybridized carbons (Fsp3) is 0.190. The molecule has 1 amide bonds. The number of amides is 1. The van der Waals surface area contributed by atoms with Gasteiger partial charge < -0.3 is 26.0 Å². The van der Waals surface area contributed by atoms with Crippen LogP contribution < -0.4 is 21.3 Å². The van der Waals surface area contributed by atoms with E-state index < -0.39 is 5.91 Å². The molecule has 1 aliphatic rings. The zero-order valence-electron chi connectivity index (χ0n) is 16.8. The maximum Gasteiger partial charge on any atom is 0.250 e. The average Bonchev–Trinajstić information content (AvgIpc) is 2.77. The van der Waals surface area contributed by atoms with Crippen molar-refractivity contribution in [2.24, 2.45) is 5.73 Å². The van der Waals surface area contributed by atoms with Crippen molar-refractivity contribution in [2.45, 2.75) is 0 Å². The molecule has 11 heteroatoms. The molecule has 1 saturated heterocycles. The smallest absolute Gasteiger partial charge is 0.250 e. The van der Waals surface area contributed by atoms with Gasteiger partial charge in [0.2, 0.25) is 5.95 Å². The van der Waals surface area contributed by atoms with E-state index in [4.69, 9.17) is 22.1 Å². The zero-order chi connectivity index (χ0) is 21.8. The van der Waals surface area contributed by atoms with Crippen LogP contribution in [0.5, 0.6) is 0 Å². The Labute approximate surface area is 195 Å². The van der Waals surface area contributed by atoms with Gasteiger partial charge >= 0.3 is 0 Å². The van der Waals surface area contributed by atoms with E-state index in [-0.39, 0.29) is 35.0 Å². The summed E-state index contributed by atoms with van der Waals surface area (Å²) < 4.78 is 20.0. The van der Waals surface area contributed by atoms with Crippen molar-refractivity contribution < 1.29 is 13.9 Å². The topological polar surface area (TPSA) is 105 Å². The van der Waals surface area contributed by atoms with Crippen molar-refractivity contribution in [3.8, 4) is 0 Å². The first-order valence-corrected chi connectivity index (χ1v) is 9.97. The first kappa shape index (κ1) is 23.5. The van der Waals surface area contributed by atoms with E-state index in [2.05, 4.69) is 20.6 Å². The van der Waals surface area contributed by atoms with E-state index in [1.165, 1.54) is 12.3 Å². The van der Waals surface area contributed by atoms with Crippen LogP contribution in [0.4, 0.5) is 33.2 Å². The van der Waals surface area contributed by atoms with Crippen LogP contribution in [0.15, 0.2) is 48.7 Å². The number of morpholine rings is 1. The minimum atomic E-state index is -0.581. The van der Waals surface area contributed by atoms with Crippen LogP contribution in [-0.2, 0) is 4.74 Å². The lowest BCUT2D eigenvalue weighted by molar-refractivity contribution is 0.100. The van der Waals surface area contributed by atoms with Crippen LogP contribution in [0.3, 0.4) is 0 Å². The number of primary amides is 1. The molecule has 8 nitrogen and oxygen atoms in total. The standard InChI is InChI=1S/C21H20ClFN6O2.ClH/c22-15-12-25-21(28-20(15)27-17-4-2-1-3-14(17)19(24)30)26-13-5-6-18(16(23)11-13)29-7-9-31-10-8-29;/h1-6,11-12H,7-10H2,(H2,24,30)(H2,25,26,27,28);1H. The Morgan fingerprint density at radius 3 is 2.62 bits per heavy atom. The van der Waals surface area contributed by atoms with Gasteiger partial charge in [-0.15, -0.1) is 12.4 Å². The van der Waals surface area contributed by atoms with E-state index in [9.17, 15) is 9.18 Å². The third-order valence-corrected chi connectivity index (χ3v) is 5.02. The van der Waals surface area contributed by atoms with Gasteiger partial charge in [-0.3, -0.25) is 4.79 Å². The van der Waals surface area contributed by atoms with Gasteiger partial charge in [0.1, 0.15) is 10.8 Å². The van der Waals surface area contributed by atoms with Gasteiger partial charge in [-0.05, 0) is 30.3 Å². The number of nitrogens with zero attached hydrogens (tertiary/aromatic N) is 3. The summed E-state index contributed by atoms with van der Waals surface area (Å²) in [5.41, 5.74) is 7.19. The molecule has 32 heavy (non-hydrogen) atoms. The molecule has 1 aliphatic heterocycles. The van der Waals surface area contributed by atoms with Crippen molar-refractivity contribution in [3.05, 3.63) is 65.1 Å². The van der Waals surface area contributed by atoms with Gasteiger partial charge in [0.25, 0.3) is 5.91 Å². The molecule has 0 aliphatic carbocycles. The molecule has 0 unspecified atom stereocenters. The van der Waals surface area contributed by atoms with Gasteiger partial charge in [0.15, 0.2) is 5.82 Å². The summed E-state index contributed by atoms with van der Waals surface area (Å²) in [5, 5.41) is 6.21. The molecule has 0 saturated carbocycles. The monoisotopic (exact) mass is 478 g/mol. The normalized spacial score (nSPS) is 13.2. The fourth-order valence-corrected chi connectivity index (χ4v) is 3.36. The minimum Gasteiger partial charge on any atom is -0.378 e. The number of nitrogens with two attached hydrogens (primary N) is 1. The Morgan fingerprint density at radius 2 is 1.91 bits per heavy atom. The lowest BCUT2D eigenvalue weighted by atomic mass is 10.1. The zero-order valence-corrected chi connectivity index (χ0v) is 18.4. The summed E-state index contributed by atoms with van der Waals surface area (Å²) in [4.78, 5) is 22.1. The predicted octanol–water partition coefficient (Wildman–Crippen LogP) is 4.11. The maximum absolute atomic E-state index is 14.6. The maximum atomic E-state index is 14.6. The molecule has 3 aromatic rings. The number of anilines is 5. The number of carbonyl (C=O) groups is 1. The molecule has 0 bridgehead atoms. The molecule has 2 aromatic carbocycles. The molecule has 1 aromatic heterocycles. The first-order valence-electron chi connectivity index (χ1n) is 9.59. The number of halogens is 3. The molecule has 0 atom stereocenters. The highest BCUT2D eigenvalue weighted by atomic mass is 35.5. The Balaban J connectivity index is 0.00000289. The Morgan fingerprint density at radius 1 is 1.16 bits per heavy atom. The van der Waals surface area contributed by atoms with E-state index in [0.29, 0.717) is 48.9 Å². The van der Waals surface area contributed by atoms with Crippen LogP contribution in [0.2, 0.25) is 5.02 Å². The third kappa shape index (κ3) is 5.37. The summed E-state index contributed by atoms with van der Waals surface area (Å²) >= 11 is 6.21.